The first-order valence-electron chi connectivity index (χ1n) is 5.02. The van der Waals surface area contributed by atoms with Crippen molar-refractivity contribution in [1.29, 1.82) is 0 Å². The second kappa shape index (κ2) is 5.98. The molecule has 1 aromatic carbocycles. The Morgan fingerprint density at radius 3 is 2.38 bits per heavy atom. The lowest BCUT2D eigenvalue weighted by Gasteiger charge is -2.09. The number of benzene rings is 1. The van der Waals surface area contributed by atoms with Gasteiger partial charge in [0.05, 0.1) is 12.5 Å². The van der Waals surface area contributed by atoms with Crippen LogP contribution in [0.25, 0.3) is 0 Å². The summed E-state index contributed by atoms with van der Waals surface area (Å²) in [6.07, 6.45) is 0. The molecular weight excluding hydrogens is 319 g/mol. The fourth-order valence-electron chi connectivity index (χ4n) is 1.28. The highest BCUT2D eigenvalue weighted by Crippen LogP contribution is 2.18. The van der Waals surface area contributed by atoms with E-state index in [0.717, 1.165) is 9.13 Å². The highest BCUT2D eigenvalue weighted by Gasteiger charge is 2.23. The molecule has 0 heterocycles. The van der Waals surface area contributed by atoms with Gasteiger partial charge < -0.3 is 4.74 Å². The van der Waals surface area contributed by atoms with Crippen molar-refractivity contribution in [2.75, 3.05) is 6.61 Å². The highest BCUT2D eigenvalue weighted by molar-refractivity contribution is 14.1. The summed E-state index contributed by atoms with van der Waals surface area (Å²) in [5.74, 6) is -1.70. The lowest BCUT2D eigenvalue weighted by atomic mass is 9.97. The smallest absolute Gasteiger partial charge is 0.375 e. The third-order valence-electron chi connectivity index (χ3n) is 2.24. The molecule has 0 spiro atoms. The van der Waals surface area contributed by atoms with Gasteiger partial charge in [0.2, 0.25) is 5.78 Å². The lowest BCUT2D eigenvalue weighted by Crippen LogP contribution is -2.22. The maximum absolute atomic E-state index is 11.6. The van der Waals surface area contributed by atoms with Crippen LogP contribution >= 0.6 is 22.6 Å². The van der Waals surface area contributed by atoms with E-state index in [0.29, 0.717) is 0 Å². The number of rotatable bonds is 4. The molecule has 4 heteroatoms. The Morgan fingerprint density at radius 1 is 1.31 bits per heavy atom. The average molecular weight is 332 g/mol. The van der Waals surface area contributed by atoms with Gasteiger partial charge in [-0.05, 0) is 47.2 Å². The molecule has 0 bridgehead atoms. The van der Waals surface area contributed by atoms with Gasteiger partial charge in [-0.2, -0.15) is 0 Å². The number of halogens is 1. The van der Waals surface area contributed by atoms with Crippen LogP contribution in [0, 0.1) is 3.57 Å². The predicted molar refractivity (Wildman–Crippen MR) is 69.2 cm³/mol. The molecule has 0 saturated carbocycles. The van der Waals surface area contributed by atoms with E-state index >= 15 is 0 Å². The maximum atomic E-state index is 11.6. The predicted octanol–water partition coefficient (Wildman–Crippen LogP) is 2.53. The first-order chi connectivity index (χ1) is 7.56. The Kier molecular flexibility index (Phi) is 4.92. The molecule has 0 aliphatic carbocycles. The van der Waals surface area contributed by atoms with Crippen LogP contribution in [0.4, 0.5) is 0 Å². The van der Waals surface area contributed by atoms with Crippen molar-refractivity contribution in [3.05, 3.63) is 33.4 Å². The molecule has 0 saturated heterocycles. The van der Waals surface area contributed by atoms with Gasteiger partial charge in [-0.15, -0.1) is 0 Å². The average Bonchev–Trinajstić information content (AvgIpc) is 2.28. The zero-order valence-corrected chi connectivity index (χ0v) is 11.4. The molecule has 0 aliphatic heterocycles. The SMILES string of the molecule is CCOC(=O)C(=O)C(C)c1ccc(I)cc1. The molecule has 1 unspecified atom stereocenters. The first kappa shape index (κ1) is 13.2. The molecule has 1 aromatic rings. The lowest BCUT2D eigenvalue weighted by molar-refractivity contribution is -0.154. The summed E-state index contributed by atoms with van der Waals surface area (Å²) in [7, 11) is 0. The van der Waals surface area contributed by atoms with Crippen LogP contribution in [0.3, 0.4) is 0 Å². The van der Waals surface area contributed by atoms with Crippen LogP contribution < -0.4 is 0 Å². The van der Waals surface area contributed by atoms with Crippen molar-refractivity contribution in [3.63, 3.8) is 0 Å². The maximum Gasteiger partial charge on any atom is 0.375 e. The van der Waals surface area contributed by atoms with Gasteiger partial charge in [-0.25, -0.2) is 4.79 Å². The fourth-order valence-corrected chi connectivity index (χ4v) is 1.64. The van der Waals surface area contributed by atoms with E-state index in [4.69, 9.17) is 0 Å². The van der Waals surface area contributed by atoms with E-state index in [2.05, 4.69) is 27.3 Å². The molecule has 0 amide bonds. The van der Waals surface area contributed by atoms with E-state index < -0.39 is 17.7 Å². The van der Waals surface area contributed by atoms with Crippen LogP contribution in [-0.4, -0.2) is 18.4 Å². The molecular formula is C12H13IO3. The summed E-state index contributed by atoms with van der Waals surface area (Å²) in [6.45, 7) is 3.62. The standard InChI is InChI=1S/C12H13IO3/c1-3-16-12(15)11(14)8(2)9-4-6-10(13)7-5-9/h4-8H,3H2,1-2H3. The van der Waals surface area contributed by atoms with E-state index in [9.17, 15) is 9.59 Å². The minimum Gasteiger partial charge on any atom is -0.460 e. The Hall–Kier alpha value is -0.910. The van der Waals surface area contributed by atoms with Gasteiger partial charge in [-0.3, -0.25) is 4.79 Å². The molecule has 0 aromatic heterocycles. The van der Waals surface area contributed by atoms with Gasteiger partial charge in [-0.1, -0.05) is 19.1 Å². The van der Waals surface area contributed by atoms with Gasteiger partial charge in [0.15, 0.2) is 0 Å². The minimum atomic E-state index is -0.756. The van der Waals surface area contributed by atoms with Crippen LogP contribution in [-0.2, 0) is 14.3 Å². The second-order valence-electron chi connectivity index (χ2n) is 3.36. The number of Topliss-reactive ketones (excluding diaryl/α,β-unsaturated/α-hetero) is 1. The number of carbonyl (C=O) groups is 2. The number of esters is 1. The first-order valence-corrected chi connectivity index (χ1v) is 6.10. The number of hydrogen-bond acceptors (Lipinski definition) is 3. The summed E-state index contributed by atoms with van der Waals surface area (Å²) in [5.41, 5.74) is 0.832. The molecule has 3 nitrogen and oxygen atoms in total. The molecule has 1 rings (SSSR count). The zero-order valence-electron chi connectivity index (χ0n) is 9.20. The Labute approximate surface area is 108 Å². The van der Waals surface area contributed by atoms with Crippen LogP contribution in [0.5, 0.6) is 0 Å². The molecule has 0 N–H and O–H groups in total. The highest BCUT2D eigenvalue weighted by atomic mass is 127. The van der Waals surface area contributed by atoms with Crippen molar-refractivity contribution >= 4 is 34.3 Å². The minimum absolute atomic E-state index is 0.226. The van der Waals surface area contributed by atoms with Crippen LogP contribution in [0.2, 0.25) is 0 Å². The largest absolute Gasteiger partial charge is 0.460 e. The Morgan fingerprint density at radius 2 is 1.88 bits per heavy atom. The summed E-state index contributed by atoms with van der Waals surface area (Å²) >= 11 is 2.19. The Bertz CT molecular complexity index is 384. The molecule has 0 radical (unpaired) electrons. The normalized spacial score (nSPS) is 11.9. The molecule has 86 valence electrons. The van der Waals surface area contributed by atoms with Gasteiger partial charge in [0.25, 0.3) is 0 Å². The third-order valence-corrected chi connectivity index (χ3v) is 2.96. The van der Waals surface area contributed by atoms with Crippen molar-refractivity contribution in [2.24, 2.45) is 0 Å². The summed E-state index contributed by atoms with van der Waals surface area (Å²) in [5, 5.41) is 0. The molecule has 0 fully saturated rings. The van der Waals surface area contributed by atoms with E-state index in [1.165, 1.54) is 0 Å². The summed E-state index contributed by atoms with van der Waals surface area (Å²) in [6, 6.07) is 7.52. The van der Waals surface area contributed by atoms with Gasteiger partial charge >= 0.3 is 5.97 Å². The van der Waals surface area contributed by atoms with Gasteiger partial charge in [0, 0.05) is 3.57 Å². The van der Waals surface area contributed by atoms with Crippen molar-refractivity contribution in [2.45, 2.75) is 19.8 Å². The van der Waals surface area contributed by atoms with Crippen molar-refractivity contribution < 1.29 is 14.3 Å². The van der Waals surface area contributed by atoms with Crippen molar-refractivity contribution in [1.82, 2.24) is 0 Å². The quantitative estimate of drug-likeness (QED) is 0.483. The second-order valence-corrected chi connectivity index (χ2v) is 4.60. The molecule has 0 aliphatic rings. The number of ether oxygens (including phenoxy) is 1. The molecule has 1 atom stereocenters. The summed E-state index contributed by atoms with van der Waals surface area (Å²) in [4.78, 5) is 22.9. The van der Waals surface area contributed by atoms with E-state index in [-0.39, 0.29) is 6.61 Å². The molecule has 16 heavy (non-hydrogen) atoms. The van der Waals surface area contributed by atoms with Gasteiger partial charge in [0.1, 0.15) is 0 Å². The monoisotopic (exact) mass is 332 g/mol. The number of carbonyl (C=O) groups excluding carboxylic acids is 2. The van der Waals surface area contributed by atoms with E-state index in [1.54, 1.807) is 13.8 Å². The van der Waals surface area contributed by atoms with Crippen LogP contribution in [0.15, 0.2) is 24.3 Å². The number of ketones is 1. The fraction of sp³-hybridized carbons (Fsp3) is 0.333. The van der Waals surface area contributed by atoms with Crippen LogP contribution in [0.1, 0.15) is 25.3 Å². The third kappa shape index (κ3) is 3.30. The zero-order chi connectivity index (χ0) is 12.1. The topological polar surface area (TPSA) is 43.4 Å². The van der Waals surface area contributed by atoms with E-state index in [1.807, 2.05) is 24.3 Å². The van der Waals surface area contributed by atoms with Crippen molar-refractivity contribution in [3.8, 4) is 0 Å². The summed E-state index contributed by atoms with van der Waals surface area (Å²) < 4.78 is 5.77. The number of hydrogen-bond donors (Lipinski definition) is 0. The Balaban J connectivity index is 2.77.